The predicted octanol–water partition coefficient (Wildman–Crippen LogP) is 2.32. The molecule has 0 saturated heterocycles. The summed E-state index contributed by atoms with van der Waals surface area (Å²) < 4.78 is 13.4. The average molecular weight is 238 g/mol. The third kappa shape index (κ3) is 2.03. The highest BCUT2D eigenvalue weighted by atomic mass is 35.5. The Morgan fingerprint density at radius 1 is 1.31 bits per heavy atom. The van der Waals surface area contributed by atoms with Gasteiger partial charge in [-0.3, -0.25) is 9.97 Å². The smallest absolute Gasteiger partial charge is 0.146 e. The lowest BCUT2D eigenvalue weighted by atomic mass is 10.1. The van der Waals surface area contributed by atoms with Gasteiger partial charge in [-0.25, -0.2) is 4.39 Å². The van der Waals surface area contributed by atoms with Crippen molar-refractivity contribution in [1.29, 1.82) is 0 Å². The lowest BCUT2D eigenvalue weighted by Crippen LogP contribution is -2.15. The van der Waals surface area contributed by atoms with Gasteiger partial charge in [-0.1, -0.05) is 11.6 Å². The summed E-state index contributed by atoms with van der Waals surface area (Å²) in [5.74, 6) is -0.461. The summed E-state index contributed by atoms with van der Waals surface area (Å²) >= 11 is 5.94. The first-order valence-corrected chi connectivity index (χ1v) is 5.03. The fraction of sp³-hybridized carbons (Fsp3) is 0.0909. The van der Waals surface area contributed by atoms with E-state index in [2.05, 4.69) is 9.97 Å². The van der Waals surface area contributed by atoms with E-state index in [9.17, 15) is 4.39 Å². The van der Waals surface area contributed by atoms with Crippen LogP contribution in [0.2, 0.25) is 5.02 Å². The van der Waals surface area contributed by atoms with Crippen LogP contribution >= 0.6 is 11.6 Å². The minimum atomic E-state index is -0.684. The highest BCUT2D eigenvalue weighted by Crippen LogP contribution is 2.25. The molecule has 1 unspecified atom stereocenters. The van der Waals surface area contributed by atoms with Crippen LogP contribution in [0.5, 0.6) is 0 Å². The molecule has 2 N–H and O–H groups in total. The van der Waals surface area contributed by atoms with Gasteiger partial charge in [0.1, 0.15) is 5.82 Å². The first-order chi connectivity index (χ1) is 7.70. The van der Waals surface area contributed by atoms with Crippen LogP contribution in [0.3, 0.4) is 0 Å². The van der Waals surface area contributed by atoms with E-state index >= 15 is 0 Å². The molecule has 3 nitrogen and oxygen atoms in total. The molecule has 82 valence electrons. The van der Waals surface area contributed by atoms with Crippen LogP contribution in [0.4, 0.5) is 4.39 Å². The Labute approximate surface area is 97.1 Å². The molecule has 0 aliphatic heterocycles. The summed E-state index contributed by atoms with van der Waals surface area (Å²) in [7, 11) is 0. The lowest BCUT2D eigenvalue weighted by molar-refractivity contribution is 0.591. The van der Waals surface area contributed by atoms with Crippen LogP contribution < -0.4 is 5.73 Å². The molecular formula is C11H9ClFN3. The summed E-state index contributed by atoms with van der Waals surface area (Å²) in [5, 5.41) is 0.422. The van der Waals surface area contributed by atoms with Crippen LogP contribution in [-0.4, -0.2) is 9.97 Å². The minimum Gasteiger partial charge on any atom is -0.319 e. The largest absolute Gasteiger partial charge is 0.319 e. The SMILES string of the molecule is NC(c1ccncc1F)c1ncccc1Cl. The maximum Gasteiger partial charge on any atom is 0.146 e. The number of nitrogens with two attached hydrogens (primary N) is 1. The number of halogens is 2. The van der Waals surface area contributed by atoms with Crippen molar-refractivity contribution >= 4 is 11.6 Å². The van der Waals surface area contributed by atoms with Crippen molar-refractivity contribution in [3.8, 4) is 0 Å². The summed E-state index contributed by atoms with van der Waals surface area (Å²) in [4.78, 5) is 7.71. The molecule has 0 fully saturated rings. The maximum atomic E-state index is 13.4. The van der Waals surface area contributed by atoms with Crippen LogP contribution in [0.1, 0.15) is 17.3 Å². The van der Waals surface area contributed by atoms with Crippen molar-refractivity contribution in [2.75, 3.05) is 0 Å². The second-order valence-electron chi connectivity index (χ2n) is 3.25. The van der Waals surface area contributed by atoms with Crippen LogP contribution in [0.25, 0.3) is 0 Å². The molecule has 2 heterocycles. The third-order valence-corrected chi connectivity index (χ3v) is 2.54. The Morgan fingerprint density at radius 2 is 2.12 bits per heavy atom. The zero-order chi connectivity index (χ0) is 11.5. The molecule has 0 bridgehead atoms. The molecule has 0 saturated carbocycles. The van der Waals surface area contributed by atoms with Gasteiger partial charge in [-0.15, -0.1) is 0 Å². The molecule has 0 radical (unpaired) electrons. The number of pyridine rings is 2. The molecule has 16 heavy (non-hydrogen) atoms. The normalized spacial score (nSPS) is 12.4. The molecule has 2 aromatic rings. The highest BCUT2D eigenvalue weighted by Gasteiger charge is 2.16. The van der Waals surface area contributed by atoms with E-state index in [1.165, 1.54) is 12.3 Å². The summed E-state index contributed by atoms with van der Waals surface area (Å²) in [6, 6.07) is 4.20. The van der Waals surface area contributed by atoms with Crippen LogP contribution in [-0.2, 0) is 0 Å². The van der Waals surface area contributed by atoms with Crippen molar-refractivity contribution < 1.29 is 4.39 Å². The molecule has 0 amide bonds. The van der Waals surface area contributed by atoms with Crippen molar-refractivity contribution in [3.63, 3.8) is 0 Å². The zero-order valence-electron chi connectivity index (χ0n) is 8.27. The number of hydrogen-bond donors (Lipinski definition) is 1. The lowest BCUT2D eigenvalue weighted by Gasteiger charge is -2.13. The fourth-order valence-corrected chi connectivity index (χ4v) is 1.65. The molecule has 0 aliphatic rings. The molecule has 2 aromatic heterocycles. The van der Waals surface area contributed by atoms with E-state index in [-0.39, 0.29) is 0 Å². The first-order valence-electron chi connectivity index (χ1n) is 4.65. The Morgan fingerprint density at radius 3 is 2.81 bits per heavy atom. The second kappa shape index (κ2) is 4.55. The monoisotopic (exact) mass is 237 g/mol. The number of aromatic nitrogens is 2. The van der Waals surface area contributed by atoms with Gasteiger partial charge in [-0.05, 0) is 18.2 Å². The van der Waals surface area contributed by atoms with Gasteiger partial charge in [0, 0.05) is 18.0 Å². The van der Waals surface area contributed by atoms with E-state index < -0.39 is 11.9 Å². The van der Waals surface area contributed by atoms with Gasteiger partial charge in [0.2, 0.25) is 0 Å². The number of rotatable bonds is 2. The Kier molecular flexibility index (Phi) is 3.12. The van der Waals surface area contributed by atoms with E-state index in [4.69, 9.17) is 17.3 Å². The predicted molar refractivity (Wildman–Crippen MR) is 59.5 cm³/mol. The first kappa shape index (κ1) is 11.0. The van der Waals surface area contributed by atoms with E-state index in [0.29, 0.717) is 16.3 Å². The number of nitrogens with zero attached hydrogens (tertiary/aromatic N) is 2. The molecule has 0 spiro atoms. The Hall–Kier alpha value is -1.52. The molecule has 0 aliphatic carbocycles. The van der Waals surface area contributed by atoms with E-state index in [1.54, 1.807) is 18.3 Å². The minimum absolute atomic E-state index is 0.329. The Balaban J connectivity index is 2.44. The molecular weight excluding hydrogens is 229 g/mol. The summed E-state index contributed by atoms with van der Waals surface area (Å²) in [6.45, 7) is 0. The molecule has 0 aromatic carbocycles. The van der Waals surface area contributed by atoms with Crippen molar-refractivity contribution in [3.05, 3.63) is 58.9 Å². The number of hydrogen-bond acceptors (Lipinski definition) is 3. The standard InChI is InChI=1S/C11H9ClFN3/c12-8-2-1-4-16-11(8)10(14)7-3-5-15-6-9(7)13/h1-6,10H,14H2. The quantitative estimate of drug-likeness (QED) is 0.872. The van der Waals surface area contributed by atoms with Crippen LogP contribution in [0.15, 0.2) is 36.8 Å². The van der Waals surface area contributed by atoms with E-state index in [1.807, 2.05) is 0 Å². The Bertz CT molecular complexity index is 459. The maximum absolute atomic E-state index is 13.4. The second-order valence-corrected chi connectivity index (χ2v) is 3.65. The van der Waals surface area contributed by atoms with Gasteiger partial charge in [0.15, 0.2) is 0 Å². The molecule has 5 heteroatoms. The topological polar surface area (TPSA) is 51.8 Å². The van der Waals surface area contributed by atoms with Crippen molar-refractivity contribution in [2.24, 2.45) is 5.73 Å². The van der Waals surface area contributed by atoms with Gasteiger partial charge in [0.05, 0.1) is 23.0 Å². The van der Waals surface area contributed by atoms with Gasteiger partial charge in [-0.2, -0.15) is 0 Å². The van der Waals surface area contributed by atoms with E-state index in [0.717, 1.165) is 6.20 Å². The van der Waals surface area contributed by atoms with Gasteiger partial charge < -0.3 is 5.73 Å². The van der Waals surface area contributed by atoms with Crippen molar-refractivity contribution in [1.82, 2.24) is 9.97 Å². The fourth-order valence-electron chi connectivity index (χ4n) is 1.41. The summed E-state index contributed by atoms with van der Waals surface area (Å²) in [6.07, 6.45) is 4.17. The molecule has 1 atom stereocenters. The average Bonchev–Trinajstić information content (AvgIpc) is 2.29. The third-order valence-electron chi connectivity index (χ3n) is 2.22. The summed E-state index contributed by atoms with van der Waals surface area (Å²) in [5.41, 5.74) is 6.69. The zero-order valence-corrected chi connectivity index (χ0v) is 9.03. The van der Waals surface area contributed by atoms with Crippen molar-refractivity contribution in [2.45, 2.75) is 6.04 Å². The molecule has 2 rings (SSSR count). The van der Waals surface area contributed by atoms with Gasteiger partial charge >= 0.3 is 0 Å². The highest BCUT2D eigenvalue weighted by molar-refractivity contribution is 6.31. The van der Waals surface area contributed by atoms with Crippen LogP contribution in [0, 0.1) is 5.82 Å². The van der Waals surface area contributed by atoms with Gasteiger partial charge in [0.25, 0.3) is 0 Å².